The largest absolute Gasteiger partial charge is 0.437 e. The van der Waals surface area contributed by atoms with E-state index in [-0.39, 0.29) is 21.6 Å². The molecule has 7 heteroatoms. The van der Waals surface area contributed by atoms with Gasteiger partial charge in [0.05, 0.1) is 0 Å². The van der Waals surface area contributed by atoms with Crippen LogP contribution in [0.1, 0.15) is 21.3 Å². The maximum atomic E-state index is 8.61. The van der Waals surface area contributed by atoms with Gasteiger partial charge in [0.15, 0.2) is 16.6 Å². The zero-order chi connectivity index (χ0) is 14.4. The van der Waals surface area contributed by atoms with Gasteiger partial charge < -0.3 is 18.1 Å². The third kappa shape index (κ3) is 14.9. The van der Waals surface area contributed by atoms with Crippen LogP contribution >= 0.6 is 0 Å². The first-order valence-electron chi connectivity index (χ1n) is 6.56. The van der Waals surface area contributed by atoms with Gasteiger partial charge in [-0.2, -0.15) is 0 Å². The Balaban J connectivity index is -0.00000144. The van der Waals surface area contributed by atoms with Crippen molar-refractivity contribution < 1.29 is 18.1 Å². The average Bonchev–Trinajstić information content (AvgIpc) is 2.05. The molecule has 0 amide bonds. The first-order chi connectivity index (χ1) is 7.97. The molecule has 0 aliphatic carbocycles. The molecule has 0 heterocycles. The highest BCUT2D eigenvalue weighted by molar-refractivity contribution is 6.87. The summed E-state index contributed by atoms with van der Waals surface area (Å²) >= 11 is 0. The standard InChI is InChI=1S/C11H30O4Si3.2CH4/c1-16(2,3)14-18(7,15-17(4,5)6)10-8-9-13-11-12;;/h12H,8-11H2,1-7H3;2*1H4. The second-order valence-corrected chi connectivity index (χ2v) is 19.6. The average molecular weight is 343 g/mol. The summed E-state index contributed by atoms with van der Waals surface area (Å²) in [6.07, 6.45) is 0.887. The van der Waals surface area contributed by atoms with Crippen molar-refractivity contribution in [1.29, 1.82) is 0 Å². The van der Waals surface area contributed by atoms with Crippen molar-refractivity contribution >= 4 is 25.2 Å². The number of aliphatic hydroxyl groups is 1. The van der Waals surface area contributed by atoms with Gasteiger partial charge >= 0.3 is 8.56 Å². The summed E-state index contributed by atoms with van der Waals surface area (Å²) in [7, 11) is -5.29. The highest BCUT2D eigenvalue weighted by Gasteiger charge is 2.39. The summed E-state index contributed by atoms with van der Waals surface area (Å²) in [6, 6.07) is 0.932. The highest BCUT2D eigenvalue weighted by Crippen LogP contribution is 2.25. The molecular formula is C13H38O4Si3. The lowest BCUT2D eigenvalue weighted by atomic mass is 10.5. The van der Waals surface area contributed by atoms with Crippen LogP contribution in [0.5, 0.6) is 0 Å². The van der Waals surface area contributed by atoms with Gasteiger partial charge in [0.1, 0.15) is 6.79 Å². The van der Waals surface area contributed by atoms with E-state index in [2.05, 4.69) is 45.8 Å². The van der Waals surface area contributed by atoms with Gasteiger partial charge in [-0.3, -0.25) is 0 Å². The van der Waals surface area contributed by atoms with E-state index in [1.807, 2.05) is 0 Å². The molecule has 4 nitrogen and oxygen atoms in total. The fraction of sp³-hybridized carbons (Fsp3) is 1.00. The number of hydrogen-bond donors (Lipinski definition) is 1. The lowest BCUT2D eigenvalue weighted by Gasteiger charge is -2.38. The normalized spacial score (nSPS) is 12.6. The number of aliphatic hydroxyl groups excluding tert-OH is 1. The fourth-order valence-corrected chi connectivity index (χ4v) is 14.5. The van der Waals surface area contributed by atoms with Gasteiger partial charge in [0.25, 0.3) is 0 Å². The lowest BCUT2D eigenvalue weighted by molar-refractivity contribution is -0.00133. The molecule has 0 aromatic carbocycles. The third-order valence-corrected chi connectivity index (χ3v) is 11.7. The summed E-state index contributed by atoms with van der Waals surface area (Å²) in [5.41, 5.74) is 0. The summed E-state index contributed by atoms with van der Waals surface area (Å²) in [4.78, 5) is 0. The molecule has 0 saturated heterocycles. The van der Waals surface area contributed by atoms with E-state index in [1.54, 1.807) is 0 Å². The highest BCUT2D eigenvalue weighted by atomic mass is 28.5. The van der Waals surface area contributed by atoms with Crippen molar-refractivity contribution in [1.82, 2.24) is 0 Å². The van der Waals surface area contributed by atoms with E-state index < -0.39 is 25.2 Å². The molecule has 0 aliphatic rings. The predicted molar refractivity (Wildman–Crippen MR) is 96.4 cm³/mol. The minimum absolute atomic E-state index is 0. The zero-order valence-corrected chi connectivity index (χ0v) is 16.0. The monoisotopic (exact) mass is 342 g/mol. The molecule has 0 spiro atoms. The van der Waals surface area contributed by atoms with Gasteiger partial charge in [-0.05, 0) is 58.3 Å². The Kier molecular flexibility index (Phi) is 13.0. The molecule has 0 aliphatic heterocycles. The van der Waals surface area contributed by atoms with Crippen LogP contribution in [0.25, 0.3) is 0 Å². The fourth-order valence-electron chi connectivity index (χ4n) is 1.98. The van der Waals surface area contributed by atoms with E-state index in [4.69, 9.17) is 18.1 Å². The predicted octanol–water partition coefficient (Wildman–Crippen LogP) is 4.39. The van der Waals surface area contributed by atoms with Gasteiger partial charge in [-0.25, -0.2) is 0 Å². The molecule has 20 heavy (non-hydrogen) atoms. The molecule has 0 aromatic heterocycles. The molecule has 0 unspecified atom stereocenters. The molecule has 0 atom stereocenters. The Morgan fingerprint density at radius 3 is 1.50 bits per heavy atom. The molecule has 0 saturated carbocycles. The van der Waals surface area contributed by atoms with Crippen LogP contribution in [0.3, 0.4) is 0 Å². The van der Waals surface area contributed by atoms with Gasteiger partial charge in [-0.1, -0.05) is 14.9 Å². The SMILES string of the molecule is C.C.C[Si](C)(C)O[Si](C)(CCCOCO)O[Si](C)(C)C. The number of ether oxygens (including phenoxy) is 1. The Hall–Kier alpha value is 0.491. The first kappa shape index (κ1) is 25.4. The van der Waals surface area contributed by atoms with Gasteiger partial charge in [0.2, 0.25) is 0 Å². The Morgan fingerprint density at radius 2 is 1.20 bits per heavy atom. The topological polar surface area (TPSA) is 47.9 Å². The van der Waals surface area contributed by atoms with E-state index >= 15 is 0 Å². The van der Waals surface area contributed by atoms with Crippen molar-refractivity contribution in [3.05, 3.63) is 0 Å². The molecule has 0 rings (SSSR count). The summed E-state index contributed by atoms with van der Waals surface area (Å²) in [5.74, 6) is 0. The zero-order valence-electron chi connectivity index (χ0n) is 13.0. The molecule has 0 radical (unpaired) electrons. The van der Waals surface area contributed by atoms with Crippen molar-refractivity contribution in [2.45, 2.75) is 73.1 Å². The van der Waals surface area contributed by atoms with Crippen LogP contribution in [-0.4, -0.2) is 43.7 Å². The second-order valence-electron chi connectivity index (χ2n) is 6.70. The molecule has 0 bridgehead atoms. The minimum Gasteiger partial charge on any atom is -0.437 e. The van der Waals surface area contributed by atoms with E-state index in [0.717, 1.165) is 12.5 Å². The second kappa shape index (κ2) is 10.3. The Bertz CT molecular complexity index is 221. The van der Waals surface area contributed by atoms with Crippen LogP contribution in [0.15, 0.2) is 0 Å². The molecular weight excluding hydrogens is 304 g/mol. The van der Waals surface area contributed by atoms with Crippen LogP contribution < -0.4 is 0 Å². The van der Waals surface area contributed by atoms with E-state index in [0.29, 0.717) is 6.61 Å². The van der Waals surface area contributed by atoms with Crippen LogP contribution in [0.4, 0.5) is 0 Å². The Morgan fingerprint density at radius 1 is 0.800 bits per heavy atom. The van der Waals surface area contributed by atoms with E-state index in [9.17, 15) is 0 Å². The summed E-state index contributed by atoms with van der Waals surface area (Å²) in [6.45, 7) is 15.8. The van der Waals surface area contributed by atoms with Crippen molar-refractivity contribution in [2.75, 3.05) is 13.4 Å². The number of hydrogen-bond acceptors (Lipinski definition) is 4. The van der Waals surface area contributed by atoms with Crippen molar-refractivity contribution in [3.8, 4) is 0 Å². The quantitative estimate of drug-likeness (QED) is 0.383. The summed E-state index contributed by atoms with van der Waals surface area (Å²) in [5, 5.41) is 8.61. The van der Waals surface area contributed by atoms with Crippen LogP contribution in [-0.2, 0) is 13.0 Å². The maximum absolute atomic E-state index is 8.61. The van der Waals surface area contributed by atoms with Gasteiger partial charge in [-0.15, -0.1) is 0 Å². The van der Waals surface area contributed by atoms with Crippen molar-refractivity contribution in [3.63, 3.8) is 0 Å². The van der Waals surface area contributed by atoms with Crippen LogP contribution in [0, 0.1) is 0 Å². The smallest absolute Gasteiger partial charge is 0.314 e. The maximum Gasteiger partial charge on any atom is 0.314 e. The molecule has 0 fully saturated rings. The van der Waals surface area contributed by atoms with E-state index in [1.165, 1.54) is 0 Å². The first-order valence-corrected chi connectivity index (χ1v) is 15.9. The molecule has 126 valence electrons. The van der Waals surface area contributed by atoms with Crippen LogP contribution in [0.2, 0.25) is 51.9 Å². The number of rotatable bonds is 9. The molecule has 0 aromatic rings. The third-order valence-electron chi connectivity index (χ3n) is 2.06. The lowest BCUT2D eigenvalue weighted by Crippen LogP contribution is -2.52. The van der Waals surface area contributed by atoms with Crippen molar-refractivity contribution in [2.24, 2.45) is 0 Å². The minimum atomic E-state index is -2.11. The Labute approximate surface area is 130 Å². The summed E-state index contributed by atoms with van der Waals surface area (Å²) < 4.78 is 17.7. The molecule has 1 N–H and O–H groups in total. The van der Waals surface area contributed by atoms with Gasteiger partial charge in [0, 0.05) is 6.61 Å².